The summed E-state index contributed by atoms with van der Waals surface area (Å²) in [4.78, 5) is 12.8. The predicted octanol–water partition coefficient (Wildman–Crippen LogP) is 3.76. The van der Waals surface area contributed by atoms with E-state index < -0.39 is 0 Å². The van der Waals surface area contributed by atoms with Crippen molar-refractivity contribution in [3.63, 3.8) is 0 Å². The highest BCUT2D eigenvalue weighted by molar-refractivity contribution is 7.99. The maximum absolute atomic E-state index is 4.40. The summed E-state index contributed by atoms with van der Waals surface area (Å²) in [5.41, 5.74) is 3.20. The normalized spacial score (nSPS) is 12.1. The van der Waals surface area contributed by atoms with Gasteiger partial charge in [-0.15, -0.1) is 0 Å². The molecule has 0 bridgehead atoms. The van der Waals surface area contributed by atoms with Crippen LogP contribution in [0.4, 0.5) is 0 Å². The predicted molar refractivity (Wildman–Crippen MR) is 75.2 cm³/mol. The number of hydrogen-bond acceptors (Lipinski definition) is 4. The van der Waals surface area contributed by atoms with Gasteiger partial charge >= 0.3 is 0 Å². The van der Waals surface area contributed by atoms with E-state index >= 15 is 0 Å². The van der Waals surface area contributed by atoms with Crippen LogP contribution in [-0.4, -0.2) is 15.0 Å². The topological polar surface area (TPSA) is 38.7 Å². The molecule has 0 saturated carbocycles. The molecule has 3 nitrogen and oxygen atoms in total. The minimum atomic E-state index is 0.215. The van der Waals surface area contributed by atoms with Gasteiger partial charge in [-0.2, -0.15) is 0 Å². The zero-order valence-electron chi connectivity index (χ0n) is 10.5. The van der Waals surface area contributed by atoms with Crippen molar-refractivity contribution in [2.24, 2.45) is 0 Å². The lowest BCUT2D eigenvalue weighted by atomic mass is 10.1. The molecule has 1 atom stereocenters. The van der Waals surface area contributed by atoms with Crippen molar-refractivity contribution >= 4 is 17.3 Å². The zero-order valence-corrected chi connectivity index (χ0v) is 11.3. The van der Waals surface area contributed by atoms with E-state index in [1.807, 2.05) is 25.3 Å². The van der Waals surface area contributed by atoms with E-state index in [1.54, 1.807) is 24.2 Å². The molecule has 0 aliphatic heterocycles. The van der Waals surface area contributed by atoms with Gasteiger partial charge in [0.2, 0.25) is 0 Å². The molecule has 2 rings (SSSR count). The van der Waals surface area contributed by atoms with Gasteiger partial charge in [-0.05, 0) is 37.6 Å². The van der Waals surface area contributed by atoms with Gasteiger partial charge in [0.25, 0.3) is 0 Å². The zero-order chi connectivity index (χ0) is 13.0. The number of pyridine rings is 1. The van der Waals surface area contributed by atoms with Crippen LogP contribution in [0.3, 0.4) is 0 Å². The molecule has 0 aromatic carbocycles. The second-order valence-electron chi connectivity index (χ2n) is 4.04. The van der Waals surface area contributed by atoms with Crippen LogP contribution in [0, 0.1) is 0 Å². The second kappa shape index (κ2) is 5.78. The Labute approximate surface area is 111 Å². The van der Waals surface area contributed by atoms with E-state index in [0.717, 1.165) is 22.0 Å². The largest absolute Gasteiger partial charge is 0.260 e. The lowest BCUT2D eigenvalue weighted by Crippen LogP contribution is -1.95. The Morgan fingerprint density at radius 2 is 1.94 bits per heavy atom. The Morgan fingerprint density at radius 1 is 1.22 bits per heavy atom. The summed E-state index contributed by atoms with van der Waals surface area (Å²) >= 11 is 1.60. The molecule has 0 amide bonds. The SMILES string of the molecule is C=C(C)c1ccnc(C(C)Sc2ncccn2)c1. The minimum absolute atomic E-state index is 0.215. The van der Waals surface area contributed by atoms with E-state index in [1.165, 1.54) is 0 Å². The number of aromatic nitrogens is 3. The van der Waals surface area contributed by atoms with Gasteiger partial charge in [-0.1, -0.05) is 23.9 Å². The summed E-state index contributed by atoms with van der Waals surface area (Å²) in [6.45, 7) is 8.05. The fourth-order valence-corrected chi connectivity index (χ4v) is 2.31. The molecule has 92 valence electrons. The molecule has 0 radical (unpaired) electrons. The number of nitrogens with zero attached hydrogens (tertiary/aromatic N) is 3. The molecule has 2 aromatic rings. The molecule has 4 heteroatoms. The highest BCUT2D eigenvalue weighted by Crippen LogP contribution is 2.31. The molecular weight excluding hydrogens is 242 g/mol. The molecule has 0 saturated heterocycles. The molecule has 0 aliphatic carbocycles. The maximum atomic E-state index is 4.40. The Kier molecular flexibility index (Phi) is 4.10. The van der Waals surface area contributed by atoms with Crippen LogP contribution in [0.2, 0.25) is 0 Å². The lowest BCUT2D eigenvalue weighted by Gasteiger charge is -2.10. The van der Waals surface area contributed by atoms with Gasteiger partial charge in [0, 0.05) is 18.6 Å². The fourth-order valence-electron chi connectivity index (χ4n) is 1.50. The monoisotopic (exact) mass is 257 g/mol. The first-order chi connectivity index (χ1) is 8.66. The number of allylic oxidation sites excluding steroid dienone is 1. The van der Waals surface area contributed by atoms with Gasteiger partial charge in [0.1, 0.15) is 0 Å². The number of thioether (sulfide) groups is 1. The number of rotatable bonds is 4. The highest BCUT2D eigenvalue weighted by Gasteiger charge is 2.11. The third-order valence-electron chi connectivity index (χ3n) is 2.51. The van der Waals surface area contributed by atoms with Gasteiger partial charge in [0.15, 0.2) is 5.16 Å². The van der Waals surface area contributed by atoms with Crippen molar-refractivity contribution in [3.8, 4) is 0 Å². The van der Waals surface area contributed by atoms with Crippen LogP contribution >= 0.6 is 11.8 Å². The first-order valence-corrected chi connectivity index (χ1v) is 6.60. The minimum Gasteiger partial charge on any atom is -0.260 e. The third kappa shape index (κ3) is 3.17. The Bertz CT molecular complexity index is 540. The van der Waals surface area contributed by atoms with E-state index in [2.05, 4.69) is 34.5 Å². The lowest BCUT2D eigenvalue weighted by molar-refractivity contribution is 0.938. The van der Waals surface area contributed by atoms with Crippen molar-refractivity contribution in [1.82, 2.24) is 15.0 Å². The quantitative estimate of drug-likeness (QED) is 0.617. The van der Waals surface area contributed by atoms with Crippen LogP contribution in [0.15, 0.2) is 48.5 Å². The molecular formula is C14H15N3S. The molecule has 2 heterocycles. The molecule has 18 heavy (non-hydrogen) atoms. The van der Waals surface area contributed by atoms with Crippen LogP contribution in [-0.2, 0) is 0 Å². The van der Waals surface area contributed by atoms with Crippen LogP contribution in [0.25, 0.3) is 5.57 Å². The Balaban J connectivity index is 2.16. The number of hydrogen-bond donors (Lipinski definition) is 0. The molecule has 2 aromatic heterocycles. The van der Waals surface area contributed by atoms with Crippen LogP contribution < -0.4 is 0 Å². The van der Waals surface area contributed by atoms with E-state index in [4.69, 9.17) is 0 Å². The molecule has 1 unspecified atom stereocenters. The summed E-state index contributed by atoms with van der Waals surface area (Å²) < 4.78 is 0. The Morgan fingerprint density at radius 3 is 2.61 bits per heavy atom. The maximum Gasteiger partial charge on any atom is 0.188 e. The third-order valence-corrected chi connectivity index (χ3v) is 3.53. The van der Waals surface area contributed by atoms with E-state index in [-0.39, 0.29) is 5.25 Å². The van der Waals surface area contributed by atoms with Crippen LogP contribution in [0.1, 0.15) is 30.4 Å². The van der Waals surface area contributed by atoms with Crippen molar-refractivity contribution < 1.29 is 0 Å². The fraction of sp³-hybridized carbons (Fsp3) is 0.214. The van der Waals surface area contributed by atoms with Crippen molar-refractivity contribution in [2.75, 3.05) is 0 Å². The van der Waals surface area contributed by atoms with Gasteiger partial charge in [-0.3, -0.25) is 4.98 Å². The average Bonchev–Trinajstić information content (AvgIpc) is 2.40. The van der Waals surface area contributed by atoms with Crippen molar-refractivity contribution in [2.45, 2.75) is 24.3 Å². The molecule has 0 N–H and O–H groups in total. The first-order valence-electron chi connectivity index (χ1n) is 5.72. The van der Waals surface area contributed by atoms with Crippen molar-refractivity contribution in [1.29, 1.82) is 0 Å². The molecule has 0 aliphatic rings. The van der Waals surface area contributed by atoms with Gasteiger partial charge < -0.3 is 0 Å². The highest BCUT2D eigenvalue weighted by atomic mass is 32.2. The van der Waals surface area contributed by atoms with Gasteiger partial charge in [-0.25, -0.2) is 9.97 Å². The summed E-state index contributed by atoms with van der Waals surface area (Å²) in [6, 6.07) is 5.86. The molecule has 0 fully saturated rings. The standard InChI is InChI=1S/C14H15N3S/c1-10(2)12-5-8-15-13(9-12)11(3)18-14-16-6-4-7-17-14/h4-9,11H,1H2,2-3H3. The summed E-state index contributed by atoms with van der Waals surface area (Å²) in [5, 5.41) is 0.985. The van der Waals surface area contributed by atoms with Gasteiger partial charge in [0.05, 0.1) is 10.9 Å². The summed E-state index contributed by atoms with van der Waals surface area (Å²) in [6.07, 6.45) is 5.32. The smallest absolute Gasteiger partial charge is 0.188 e. The Hall–Kier alpha value is -1.68. The average molecular weight is 257 g/mol. The van der Waals surface area contributed by atoms with E-state index in [0.29, 0.717) is 0 Å². The molecule has 0 spiro atoms. The second-order valence-corrected chi connectivity index (χ2v) is 5.35. The van der Waals surface area contributed by atoms with Crippen LogP contribution in [0.5, 0.6) is 0 Å². The summed E-state index contributed by atoms with van der Waals surface area (Å²) in [5.74, 6) is 0. The van der Waals surface area contributed by atoms with Crippen molar-refractivity contribution in [3.05, 3.63) is 54.6 Å². The summed E-state index contributed by atoms with van der Waals surface area (Å²) in [7, 11) is 0. The van der Waals surface area contributed by atoms with E-state index in [9.17, 15) is 0 Å². The first kappa shape index (κ1) is 12.8.